The maximum absolute atomic E-state index is 4.31. The molecule has 0 saturated carbocycles. The molecule has 0 spiro atoms. The summed E-state index contributed by atoms with van der Waals surface area (Å²) in [7, 11) is 0. The van der Waals surface area contributed by atoms with E-state index in [9.17, 15) is 0 Å². The van der Waals surface area contributed by atoms with E-state index in [4.69, 9.17) is 0 Å². The fourth-order valence-corrected chi connectivity index (χ4v) is 1.21. The van der Waals surface area contributed by atoms with E-state index in [0.717, 1.165) is 23.3 Å². The first-order valence-electron chi connectivity index (χ1n) is 4.10. The third-order valence-electron chi connectivity index (χ3n) is 1.88. The molecule has 0 aliphatic carbocycles. The number of rotatable bonds is 1. The zero-order chi connectivity index (χ0) is 8.55. The molecule has 62 valence electrons. The van der Waals surface area contributed by atoms with Crippen LogP contribution in [-0.2, 0) is 6.54 Å². The van der Waals surface area contributed by atoms with Gasteiger partial charge in [-0.25, -0.2) is 4.98 Å². The fourth-order valence-electron chi connectivity index (χ4n) is 1.21. The minimum absolute atomic E-state index is 0.844. The highest BCUT2D eigenvalue weighted by molar-refractivity contribution is 5.73. The highest BCUT2D eigenvalue weighted by atomic mass is 15.3. The van der Waals surface area contributed by atoms with Gasteiger partial charge in [0, 0.05) is 23.8 Å². The monoisotopic (exact) mass is 161 g/mol. The van der Waals surface area contributed by atoms with Crippen molar-refractivity contribution in [2.24, 2.45) is 0 Å². The Morgan fingerprint density at radius 3 is 3.00 bits per heavy atom. The summed E-state index contributed by atoms with van der Waals surface area (Å²) < 4.78 is 1.90. The molecule has 0 radical (unpaired) electrons. The Morgan fingerprint density at radius 2 is 2.25 bits per heavy atom. The van der Waals surface area contributed by atoms with Gasteiger partial charge in [-0.3, -0.25) is 4.68 Å². The Hall–Kier alpha value is -1.38. The summed E-state index contributed by atoms with van der Waals surface area (Å²) in [6, 6.07) is 4.06. The van der Waals surface area contributed by atoms with E-state index in [0.29, 0.717) is 0 Å². The molecule has 0 aliphatic rings. The third kappa shape index (κ3) is 1.07. The lowest BCUT2D eigenvalue weighted by atomic mass is 10.3. The summed E-state index contributed by atoms with van der Waals surface area (Å²) in [5.74, 6) is 0. The van der Waals surface area contributed by atoms with Gasteiger partial charge in [-0.2, -0.15) is 5.10 Å². The zero-order valence-corrected chi connectivity index (χ0v) is 7.28. The highest BCUT2D eigenvalue weighted by Crippen LogP contribution is 2.09. The normalized spacial score (nSPS) is 10.8. The van der Waals surface area contributed by atoms with Gasteiger partial charge in [-0.1, -0.05) is 0 Å². The predicted octanol–water partition coefficient (Wildman–Crippen LogP) is 1.76. The fraction of sp³-hybridized carbons (Fsp3) is 0.333. The van der Waals surface area contributed by atoms with E-state index in [2.05, 4.69) is 23.1 Å². The van der Waals surface area contributed by atoms with E-state index in [1.165, 1.54) is 0 Å². The molecule has 0 unspecified atom stereocenters. The lowest BCUT2D eigenvalue weighted by molar-refractivity contribution is 0.665. The molecule has 0 fully saturated rings. The number of hydrogen-bond donors (Lipinski definition) is 0. The summed E-state index contributed by atoms with van der Waals surface area (Å²) in [5.41, 5.74) is 1.86. The first-order chi connectivity index (χ1) is 5.79. The minimum Gasteiger partial charge on any atom is -0.270 e. The molecule has 12 heavy (non-hydrogen) atoms. The Labute approximate surface area is 71.0 Å². The second-order valence-corrected chi connectivity index (χ2v) is 2.85. The van der Waals surface area contributed by atoms with E-state index in [-0.39, 0.29) is 0 Å². The number of fused-ring (bicyclic) bond motifs is 1. The van der Waals surface area contributed by atoms with Crippen molar-refractivity contribution in [2.75, 3.05) is 0 Å². The van der Waals surface area contributed by atoms with Gasteiger partial charge < -0.3 is 0 Å². The van der Waals surface area contributed by atoms with Gasteiger partial charge in [0.05, 0.1) is 0 Å². The SMILES string of the molecule is CCn1cc2ccc(C)nc2n1. The molecule has 0 saturated heterocycles. The number of hydrogen-bond acceptors (Lipinski definition) is 2. The Kier molecular flexibility index (Phi) is 1.57. The molecule has 0 aliphatic heterocycles. The van der Waals surface area contributed by atoms with Crippen LogP contribution in [0.25, 0.3) is 11.0 Å². The third-order valence-corrected chi connectivity index (χ3v) is 1.88. The van der Waals surface area contributed by atoms with Gasteiger partial charge >= 0.3 is 0 Å². The molecule has 0 N–H and O–H groups in total. The average molecular weight is 161 g/mol. The molecule has 2 aromatic rings. The van der Waals surface area contributed by atoms with Gasteiger partial charge in [-0.15, -0.1) is 0 Å². The maximum atomic E-state index is 4.31. The highest BCUT2D eigenvalue weighted by Gasteiger charge is 1.99. The summed E-state index contributed by atoms with van der Waals surface area (Å²) in [4.78, 5) is 4.31. The predicted molar refractivity (Wildman–Crippen MR) is 47.9 cm³/mol. The molecule has 2 heterocycles. The minimum atomic E-state index is 0.844. The molecule has 0 bridgehead atoms. The molecular formula is C9H11N3. The smallest absolute Gasteiger partial charge is 0.181 e. The summed E-state index contributed by atoms with van der Waals surface area (Å²) >= 11 is 0. The van der Waals surface area contributed by atoms with E-state index in [1.807, 2.05) is 23.9 Å². The van der Waals surface area contributed by atoms with Gasteiger partial charge in [-0.05, 0) is 26.0 Å². The van der Waals surface area contributed by atoms with Crippen molar-refractivity contribution in [3.63, 3.8) is 0 Å². The topological polar surface area (TPSA) is 30.7 Å². The Bertz CT molecular complexity index is 403. The summed E-state index contributed by atoms with van der Waals surface area (Å²) in [6.07, 6.45) is 2.02. The molecular weight excluding hydrogens is 150 g/mol. The van der Waals surface area contributed by atoms with Crippen LogP contribution in [0.5, 0.6) is 0 Å². The van der Waals surface area contributed by atoms with Crippen molar-refractivity contribution >= 4 is 11.0 Å². The average Bonchev–Trinajstić information content (AvgIpc) is 2.46. The van der Waals surface area contributed by atoms with Crippen LogP contribution in [0, 0.1) is 6.92 Å². The first-order valence-corrected chi connectivity index (χ1v) is 4.10. The van der Waals surface area contributed by atoms with Crippen molar-refractivity contribution in [1.29, 1.82) is 0 Å². The number of aryl methyl sites for hydroxylation is 2. The van der Waals surface area contributed by atoms with Crippen LogP contribution in [0.1, 0.15) is 12.6 Å². The molecule has 0 amide bonds. The molecule has 0 aromatic carbocycles. The van der Waals surface area contributed by atoms with Crippen molar-refractivity contribution in [3.8, 4) is 0 Å². The number of nitrogens with zero attached hydrogens (tertiary/aromatic N) is 3. The lowest BCUT2D eigenvalue weighted by Gasteiger charge is -1.89. The second-order valence-electron chi connectivity index (χ2n) is 2.85. The van der Waals surface area contributed by atoms with Crippen LogP contribution in [0.3, 0.4) is 0 Å². The van der Waals surface area contributed by atoms with Crippen molar-refractivity contribution in [1.82, 2.24) is 14.8 Å². The van der Waals surface area contributed by atoms with Crippen LogP contribution in [0.15, 0.2) is 18.3 Å². The molecule has 2 rings (SSSR count). The number of pyridine rings is 1. The molecule has 2 aromatic heterocycles. The second kappa shape index (κ2) is 2.59. The van der Waals surface area contributed by atoms with Crippen molar-refractivity contribution in [2.45, 2.75) is 20.4 Å². The zero-order valence-electron chi connectivity index (χ0n) is 7.28. The van der Waals surface area contributed by atoms with Crippen molar-refractivity contribution in [3.05, 3.63) is 24.0 Å². The van der Waals surface area contributed by atoms with Crippen LogP contribution in [-0.4, -0.2) is 14.8 Å². The molecule has 3 heteroatoms. The van der Waals surface area contributed by atoms with E-state index < -0.39 is 0 Å². The van der Waals surface area contributed by atoms with Gasteiger partial charge in [0.15, 0.2) is 5.65 Å². The van der Waals surface area contributed by atoms with Crippen molar-refractivity contribution < 1.29 is 0 Å². The van der Waals surface area contributed by atoms with Crippen LogP contribution in [0.2, 0.25) is 0 Å². The molecule has 0 atom stereocenters. The van der Waals surface area contributed by atoms with E-state index in [1.54, 1.807) is 0 Å². The Morgan fingerprint density at radius 1 is 1.42 bits per heavy atom. The van der Waals surface area contributed by atoms with Gasteiger partial charge in [0.25, 0.3) is 0 Å². The van der Waals surface area contributed by atoms with Crippen LogP contribution >= 0.6 is 0 Å². The maximum Gasteiger partial charge on any atom is 0.181 e. The standard InChI is InChI=1S/C9H11N3/c1-3-12-6-8-5-4-7(2)10-9(8)11-12/h4-6H,3H2,1-2H3. The quantitative estimate of drug-likeness (QED) is 0.638. The lowest BCUT2D eigenvalue weighted by Crippen LogP contribution is -1.93. The first kappa shape index (κ1) is 7.28. The summed E-state index contributed by atoms with van der Waals surface area (Å²) in [6.45, 7) is 4.94. The Balaban J connectivity index is 2.67. The van der Waals surface area contributed by atoms with Gasteiger partial charge in [0.2, 0.25) is 0 Å². The number of aromatic nitrogens is 3. The van der Waals surface area contributed by atoms with Crippen LogP contribution < -0.4 is 0 Å². The van der Waals surface area contributed by atoms with Gasteiger partial charge in [0.1, 0.15) is 0 Å². The van der Waals surface area contributed by atoms with Crippen LogP contribution in [0.4, 0.5) is 0 Å². The largest absolute Gasteiger partial charge is 0.270 e. The molecule has 3 nitrogen and oxygen atoms in total. The van der Waals surface area contributed by atoms with E-state index >= 15 is 0 Å². The summed E-state index contributed by atoms with van der Waals surface area (Å²) in [5, 5.41) is 5.41.